The molecule has 106 valence electrons. The van der Waals surface area contributed by atoms with E-state index < -0.39 is 12.5 Å². The Morgan fingerprint density at radius 3 is 2.58 bits per heavy atom. The van der Waals surface area contributed by atoms with Gasteiger partial charge >= 0.3 is 6.61 Å². The van der Waals surface area contributed by atoms with Crippen molar-refractivity contribution in [3.8, 4) is 11.5 Å². The Bertz CT molecular complexity index is 436. The number of alkyl halides is 2. The van der Waals surface area contributed by atoms with Crippen molar-refractivity contribution in [2.45, 2.75) is 20.5 Å². The largest absolute Gasteiger partial charge is 0.493 e. The van der Waals surface area contributed by atoms with Crippen LogP contribution in [0, 0.1) is 5.92 Å². The maximum Gasteiger partial charge on any atom is 0.387 e. The second-order valence-corrected chi connectivity index (χ2v) is 4.32. The lowest BCUT2D eigenvalue weighted by Gasteiger charge is -2.14. The lowest BCUT2D eigenvalue weighted by molar-refractivity contribution is -0.0515. The van der Waals surface area contributed by atoms with Crippen molar-refractivity contribution in [3.05, 3.63) is 23.8 Å². The highest BCUT2D eigenvalue weighted by Crippen LogP contribution is 2.32. The number of hydrogen-bond donors (Lipinski definition) is 1. The normalized spacial score (nSPS) is 10.7. The van der Waals surface area contributed by atoms with Crippen LogP contribution in [0.2, 0.25) is 0 Å². The zero-order chi connectivity index (χ0) is 14.4. The van der Waals surface area contributed by atoms with Crippen molar-refractivity contribution in [3.63, 3.8) is 0 Å². The van der Waals surface area contributed by atoms with E-state index in [4.69, 9.17) is 4.74 Å². The van der Waals surface area contributed by atoms with Crippen molar-refractivity contribution >= 4 is 5.91 Å². The number of benzene rings is 1. The van der Waals surface area contributed by atoms with Crippen LogP contribution in [0.3, 0.4) is 0 Å². The molecule has 0 aliphatic carbocycles. The van der Waals surface area contributed by atoms with Gasteiger partial charge in [0.1, 0.15) is 0 Å². The molecule has 0 fully saturated rings. The summed E-state index contributed by atoms with van der Waals surface area (Å²) in [4.78, 5) is 11.9. The third kappa shape index (κ3) is 4.39. The third-order valence-corrected chi connectivity index (χ3v) is 2.32. The van der Waals surface area contributed by atoms with Gasteiger partial charge in [-0.3, -0.25) is 4.79 Å². The standard InChI is InChI=1S/C13H17F2NO3/c1-8(2)7-16-12(17)9-5-4-6-10(18-3)11(9)19-13(14)15/h4-6,8,13H,7H2,1-3H3,(H,16,17). The minimum atomic E-state index is -3.02. The molecule has 1 amide bonds. The van der Waals surface area contributed by atoms with Crippen LogP contribution in [0.5, 0.6) is 11.5 Å². The Hall–Kier alpha value is -1.85. The molecule has 0 aromatic heterocycles. The van der Waals surface area contributed by atoms with Crippen LogP contribution in [0.4, 0.5) is 8.78 Å². The second-order valence-electron chi connectivity index (χ2n) is 4.32. The van der Waals surface area contributed by atoms with Gasteiger partial charge < -0.3 is 14.8 Å². The highest BCUT2D eigenvalue weighted by atomic mass is 19.3. The molecular formula is C13H17F2NO3. The number of methoxy groups -OCH3 is 1. The molecule has 6 heteroatoms. The number of para-hydroxylation sites is 1. The zero-order valence-corrected chi connectivity index (χ0v) is 11.1. The zero-order valence-electron chi connectivity index (χ0n) is 11.1. The molecule has 0 saturated carbocycles. The van der Waals surface area contributed by atoms with Gasteiger partial charge in [-0.2, -0.15) is 8.78 Å². The van der Waals surface area contributed by atoms with E-state index in [0.29, 0.717) is 6.54 Å². The van der Waals surface area contributed by atoms with Crippen molar-refractivity contribution in [2.24, 2.45) is 5.92 Å². The van der Waals surface area contributed by atoms with Gasteiger partial charge in [0, 0.05) is 6.54 Å². The number of nitrogens with one attached hydrogen (secondary N) is 1. The van der Waals surface area contributed by atoms with E-state index in [1.807, 2.05) is 13.8 Å². The molecule has 1 aromatic carbocycles. The topological polar surface area (TPSA) is 47.6 Å². The summed E-state index contributed by atoms with van der Waals surface area (Å²) in [5.41, 5.74) is 0.0281. The van der Waals surface area contributed by atoms with Crippen LogP contribution < -0.4 is 14.8 Å². The predicted molar refractivity (Wildman–Crippen MR) is 66.8 cm³/mol. The summed E-state index contributed by atoms with van der Waals surface area (Å²) in [7, 11) is 1.32. The summed E-state index contributed by atoms with van der Waals surface area (Å²) in [5, 5.41) is 2.64. The maximum atomic E-state index is 12.4. The highest BCUT2D eigenvalue weighted by molar-refractivity contribution is 5.97. The molecule has 0 bridgehead atoms. The average molecular weight is 273 g/mol. The Morgan fingerprint density at radius 1 is 1.37 bits per heavy atom. The van der Waals surface area contributed by atoms with Crippen molar-refractivity contribution in [2.75, 3.05) is 13.7 Å². The molecule has 0 heterocycles. The van der Waals surface area contributed by atoms with E-state index in [1.54, 1.807) is 6.07 Å². The smallest absolute Gasteiger partial charge is 0.387 e. The molecule has 0 aliphatic rings. The molecule has 1 rings (SSSR count). The van der Waals surface area contributed by atoms with Crippen LogP contribution >= 0.6 is 0 Å². The fraction of sp³-hybridized carbons (Fsp3) is 0.462. The number of ether oxygens (including phenoxy) is 2. The highest BCUT2D eigenvalue weighted by Gasteiger charge is 2.20. The third-order valence-electron chi connectivity index (χ3n) is 2.32. The first kappa shape index (κ1) is 15.2. The van der Waals surface area contributed by atoms with Gasteiger partial charge in [0.25, 0.3) is 5.91 Å². The predicted octanol–water partition coefficient (Wildman–Crippen LogP) is 2.68. The van der Waals surface area contributed by atoms with E-state index in [9.17, 15) is 13.6 Å². The van der Waals surface area contributed by atoms with Crippen molar-refractivity contribution in [1.29, 1.82) is 0 Å². The van der Waals surface area contributed by atoms with Crippen molar-refractivity contribution < 1.29 is 23.0 Å². The average Bonchev–Trinajstić information content (AvgIpc) is 2.35. The summed E-state index contributed by atoms with van der Waals surface area (Å²) in [5.74, 6) is -0.365. The first-order chi connectivity index (χ1) is 8.95. The van der Waals surface area contributed by atoms with Gasteiger partial charge in [-0.15, -0.1) is 0 Å². The first-order valence-corrected chi connectivity index (χ1v) is 5.85. The van der Waals surface area contributed by atoms with E-state index in [1.165, 1.54) is 19.2 Å². The van der Waals surface area contributed by atoms with Gasteiger partial charge in [0.05, 0.1) is 12.7 Å². The number of amides is 1. The number of rotatable bonds is 6. The Balaban J connectivity index is 3.01. The molecule has 0 atom stereocenters. The number of carbonyl (C=O) groups excluding carboxylic acids is 1. The molecular weight excluding hydrogens is 256 g/mol. The molecule has 1 N–H and O–H groups in total. The second kappa shape index (κ2) is 6.92. The monoisotopic (exact) mass is 273 g/mol. The molecule has 0 spiro atoms. The minimum absolute atomic E-state index is 0.0281. The summed E-state index contributed by atoms with van der Waals surface area (Å²) >= 11 is 0. The van der Waals surface area contributed by atoms with Crippen LogP contribution in [0.1, 0.15) is 24.2 Å². The SMILES string of the molecule is COc1cccc(C(=O)NCC(C)C)c1OC(F)F. The fourth-order valence-corrected chi connectivity index (χ4v) is 1.46. The Kier molecular flexibility index (Phi) is 5.54. The van der Waals surface area contributed by atoms with Gasteiger partial charge in [0.15, 0.2) is 11.5 Å². The lowest BCUT2D eigenvalue weighted by atomic mass is 10.1. The van der Waals surface area contributed by atoms with E-state index >= 15 is 0 Å². The lowest BCUT2D eigenvalue weighted by Crippen LogP contribution is -2.28. The molecule has 0 aliphatic heterocycles. The minimum Gasteiger partial charge on any atom is -0.493 e. The number of hydrogen-bond acceptors (Lipinski definition) is 3. The molecule has 0 radical (unpaired) electrons. The van der Waals surface area contributed by atoms with Gasteiger partial charge in [-0.1, -0.05) is 19.9 Å². The Morgan fingerprint density at radius 2 is 2.05 bits per heavy atom. The van der Waals surface area contributed by atoms with E-state index in [-0.39, 0.29) is 23.0 Å². The van der Waals surface area contributed by atoms with Crippen LogP contribution in [-0.2, 0) is 0 Å². The van der Waals surface area contributed by atoms with Crippen LogP contribution in [-0.4, -0.2) is 26.2 Å². The maximum absolute atomic E-state index is 12.4. The summed E-state index contributed by atoms with van der Waals surface area (Å²) in [6.45, 7) is 1.29. The van der Waals surface area contributed by atoms with Gasteiger partial charge in [-0.05, 0) is 18.1 Å². The molecule has 0 saturated heterocycles. The van der Waals surface area contributed by atoms with Gasteiger partial charge in [-0.25, -0.2) is 0 Å². The number of halogens is 2. The first-order valence-electron chi connectivity index (χ1n) is 5.85. The van der Waals surface area contributed by atoms with Crippen LogP contribution in [0.25, 0.3) is 0 Å². The fourth-order valence-electron chi connectivity index (χ4n) is 1.46. The molecule has 4 nitrogen and oxygen atoms in total. The summed E-state index contributed by atoms with van der Waals surface area (Å²) in [6.07, 6.45) is 0. The molecule has 0 unspecified atom stereocenters. The van der Waals surface area contributed by atoms with Gasteiger partial charge in [0.2, 0.25) is 0 Å². The number of carbonyl (C=O) groups is 1. The Labute approximate surface area is 110 Å². The summed E-state index contributed by atoms with van der Waals surface area (Å²) < 4.78 is 34.1. The summed E-state index contributed by atoms with van der Waals surface area (Å²) in [6, 6.07) is 4.41. The van der Waals surface area contributed by atoms with E-state index in [0.717, 1.165) is 0 Å². The quantitative estimate of drug-likeness (QED) is 0.866. The van der Waals surface area contributed by atoms with E-state index in [2.05, 4.69) is 10.1 Å². The molecule has 1 aromatic rings. The molecule has 19 heavy (non-hydrogen) atoms. The van der Waals surface area contributed by atoms with Crippen molar-refractivity contribution in [1.82, 2.24) is 5.32 Å². The van der Waals surface area contributed by atoms with Crippen LogP contribution in [0.15, 0.2) is 18.2 Å².